The molecule has 0 heterocycles. The zero-order valence-corrected chi connectivity index (χ0v) is 25.0. The van der Waals surface area contributed by atoms with E-state index in [2.05, 4.69) is 0 Å². The maximum Gasteiger partial charge on any atom is 0.291 e. The summed E-state index contributed by atoms with van der Waals surface area (Å²) in [5, 5.41) is 0. The molecular weight excluding hydrogens is 581 g/mol. The third-order valence-electron chi connectivity index (χ3n) is 9.06. The fourth-order valence-electron chi connectivity index (χ4n) is 7.50. The van der Waals surface area contributed by atoms with E-state index in [1.165, 1.54) is 12.2 Å². The van der Waals surface area contributed by atoms with Gasteiger partial charge in [0, 0.05) is 22.7 Å². The van der Waals surface area contributed by atoms with Crippen molar-refractivity contribution in [2.45, 2.75) is 19.3 Å². The average Bonchev–Trinajstić information content (AvgIpc) is 2.97. The first-order valence-corrected chi connectivity index (χ1v) is 17.0. The van der Waals surface area contributed by atoms with E-state index < -0.39 is 42.9 Å². The first-order valence-electron chi connectivity index (χ1n) is 14.1. The predicted octanol–water partition coefficient (Wildman–Crippen LogP) is 6.74. The Morgan fingerprint density at radius 3 is 1.33 bits per heavy atom. The maximum atomic E-state index is 13.3. The van der Waals surface area contributed by atoms with Crippen LogP contribution in [0, 0.1) is 22.7 Å². The van der Waals surface area contributed by atoms with Crippen molar-refractivity contribution < 1.29 is 25.9 Å². The fraction of sp³-hybridized carbons (Fsp3) is 0.200. The minimum atomic E-state index is -4.76. The number of rotatable bonds is 8. The van der Waals surface area contributed by atoms with Crippen molar-refractivity contribution in [3.05, 3.63) is 166 Å². The Kier molecular flexibility index (Phi) is 7.50. The van der Waals surface area contributed by atoms with Crippen LogP contribution in [0.3, 0.4) is 0 Å². The molecule has 0 saturated heterocycles. The monoisotopic (exact) mass is 612 g/mol. The molecule has 4 atom stereocenters. The molecule has 0 saturated carbocycles. The van der Waals surface area contributed by atoms with Crippen LogP contribution in [0.4, 0.5) is 0 Å². The zero-order chi connectivity index (χ0) is 30.3. The van der Waals surface area contributed by atoms with E-state index in [0.29, 0.717) is 0 Å². The highest BCUT2D eigenvalue weighted by Crippen LogP contribution is 2.61. The maximum absolute atomic E-state index is 13.3. The fourth-order valence-corrected chi connectivity index (χ4v) is 9.55. The first kappa shape index (κ1) is 29.3. The second kappa shape index (κ2) is 11.0. The molecule has 6 nitrogen and oxygen atoms in total. The second-order valence-corrected chi connectivity index (χ2v) is 14.4. The molecule has 0 radical (unpaired) electrons. The first-order chi connectivity index (χ1) is 20.5. The molecule has 2 N–H and O–H groups in total. The largest absolute Gasteiger partial charge is 0.291 e. The van der Waals surface area contributed by atoms with Crippen molar-refractivity contribution in [1.82, 2.24) is 0 Å². The normalized spacial score (nSPS) is 27.9. The Hall–Kier alpha value is -3.82. The summed E-state index contributed by atoms with van der Waals surface area (Å²) in [4.78, 5) is -0.350. The molecule has 4 aliphatic carbocycles. The summed E-state index contributed by atoms with van der Waals surface area (Å²) in [6.45, 7) is 0. The van der Waals surface area contributed by atoms with Crippen LogP contribution in [-0.2, 0) is 33.1 Å². The number of hydrogen-bond acceptors (Lipinski definition) is 4. The highest BCUT2D eigenvalue weighted by Gasteiger charge is 2.58. The van der Waals surface area contributed by atoms with Gasteiger partial charge in [0.2, 0.25) is 0 Å². The quantitative estimate of drug-likeness (QED) is 0.320. The SMILES string of the molecule is O=S(=O)(O)C1=CC=C2C=CC=CC2C1(Cc1ccccc1)CC1(Cc2ccccc2)C(S(=O)(=O)O)=CC=C2C=CC=CC21. The van der Waals surface area contributed by atoms with Crippen molar-refractivity contribution in [2.75, 3.05) is 0 Å². The van der Waals surface area contributed by atoms with Gasteiger partial charge in [-0.25, -0.2) is 0 Å². The van der Waals surface area contributed by atoms with Crippen molar-refractivity contribution in [2.24, 2.45) is 22.7 Å². The van der Waals surface area contributed by atoms with Gasteiger partial charge in [0.05, 0.1) is 9.81 Å². The molecule has 43 heavy (non-hydrogen) atoms. The van der Waals surface area contributed by atoms with E-state index in [1.54, 1.807) is 12.2 Å². The lowest BCUT2D eigenvalue weighted by molar-refractivity contribution is 0.138. The molecule has 0 aliphatic heterocycles. The van der Waals surface area contributed by atoms with E-state index in [1.807, 2.05) is 109 Å². The van der Waals surface area contributed by atoms with Gasteiger partial charge >= 0.3 is 0 Å². The lowest BCUT2D eigenvalue weighted by Gasteiger charge is -2.53. The Labute approximate surface area is 253 Å². The molecule has 220 valence electrons. The summed E-state index contributed by atoms with van der Waals surface area (Å²) in [6.07, 6.45) is 21.8. The number of allylic oxidation sites excluding steroid dienone is 16. The van der Waals surface area contributed by atoms with Gasteiger partial charge in [0.1, 0.15) is 0 Å². The van der Waals surface area contributed by atoms with Gasteiger partial charge < -0.3 is 0 Å². The molecular formula is C35H32O6S2. The molecule has 6 rings (SSSR count). The van der Waals surface area contributed by atoms with Crippen LogP contribution in [0.1, 0.15) is 17.5 Å². The Balaban J connectivity index is 1.67. The summed E-state index contributed by atoms with van der Waals surface area (Å²) in [7, 11) is -9.51. The number of fused-ring (bicyclic) bond motifs is 2. The summed E-state index contributed by atoms with van der Waals surface area (Å²) in [6, 6.07) is 18.9. The molecule has 0 bridgehead atoms. The van der Waals surface area contributed by atoms with Crippen LogP contribution in [0.25, 0.3) is 0 Å². The Morgan fingerprint density at radius 2 is 0.953 bits per heavy atom. The third-order valence-corrected chi connectivity index (χ3v) is 11.3. The Morgan fingerprint density at radius 1 is 0.558 bits per heavy atom. The van der Waals surface area contributed by atoms with Crippen molar-refractivity contribution in [3.8, 4) is 0 Å². The van der Waals surface area contributed by atoms with E-state index in [0.717, 1.165) is 22.3 Å². The summed E-state index contributed by atoms with van der Waals surface area (Å²) in [5.74, 6) is -1.01. The summed E-state index contributed by atoms with van der Waals surface area (Å²) < 4.78 is 75.0. The molecule has 2 aromatic carbocycles. The highest BCUT2D eigenvalue weighted by molar-refractivity contribution is 7.90. The Bertz CT molecular complexity index is 1750. The lowest BCUT2D eigenvalue weighted by Crippen LogP contribution is -2.49. The van der Waals surface area contributed by atoms with E-state index >= 15 is 0 Å². The zero-order valence-electron chi connectivity index (χ0n) is 23.3. The molecule has 4 unspecified atom stereocenters. The van der Waals surface area contributed by atoms with Gasteiger partial charge in [-0.2, -0.15) is 16.8 Å². The van der Waals surface area contributed by atoms with Gasteiger partial charge in [0.15, 0.2) is 0 Å². The van der Waals surface area contributed by atoms with Crippen LogP contribution in [0.15, 0.2) is 155 Å². The van der Waals surface area contributed by atoms with Gasteiger partial charge in [-0.15, -0.1) is 0 Å². The van der Waals surface area contributed by atoms with Gasteiger partial charge in [0.25, 0.3) is 20.2 Å². The molecule has 0 fully saturated rings. The van der Waals surface area contributed by atoms with E-state index in [-0.39, 0.29) is 29.1 Å². The van der Waals surface area contributed by atoms with Crippen molar-refractivity contribution in [1.29, 1.82) is 0 Å². The lowest BCUT2D eigenvalue weighted by atomic mass is 9.52. The molecule has 0 amide bonds. The second-order valence-electron chi connectivity index (χ2n) is 11.6. The van der Waals surface area contributed by atoms with Crippen molar-refractivity contribution >= 4 is 20.2 Å². The van der Waals surface area contributed by atoms with Gasteiger partial charge in [-0.3, -0.25) is 9.11 Å². The van der Waals surface area contributed by atoms with Crippen molar-refractivity contribution in [3.63, 3.8) is 0 Å². The summed E-state index contributed by atoms with van der Waals surface area (Å²) >= 11 is 0. The van der Waals surface area contributed by atoms with E-state index in [4.69, 9.17) is 0 Å². The number of hydrogen-bond donors (Lipinski definition) is 2. The van der Waals surface area contributed by atoms with Crippen LogP contribution in [0.2, 0.25) is 0 Å². The smallest absolute Gasteiger partial charge is 0.282 e. The standard InChI is InChI=1S/C35H32O6S2/c36-42(37,38)32-21-19-28-15-7-9-17-30(28)34(32,23-26-11-3-1-4-12-26)25-35(24-27-13-5-2-6-14-27)31-18-10-8-16-29(31)20-22-33(35)43(39,40)41/h1-22,30-31H,23-25H2,(H,36,37,38)(H,39,40,41). The highest BCUT2D eigenvalue weighted by atomic mass is 32.2. The molecule has 0 spiro atoms. The minimum absolute atomic E-state index is 0.0125. The molecule has 4 aliphatic rings. The average molecular weight is 613 g/mol. The van der Waals surface area contributed by atoms with Gasteiger partial charge in [-0.05, 0) is 53.7 Å². The topological polar surface area (TPSA) is 109 Å². The third kappa shape index (κ3) is 5.40. The van der Waals surface area contributed by atoms with Crippen LogP contribution in [0.5, 0.6) is 0 Å². The van der Waals surface area contributed by atoms with Gasteiger partial charge in [-0.1, -0.05) is 121 Å². The van der Waals surface area contributed by atoms with E-state index in [9.17, 15) is 25.9 Å². The van der Waals surface area contributed by atoms with Crippen LogP contribution >= 0.6 is 0 Å². The molecule has 0 aromatic heterocycles. The summed E-state index contributed by atoms with van der Waals surface area (Å²) in [5.41, 5.74) is 0.720. The predicted molar refractivity (Wildman–Crippen MR) is 169 cm³/mol. The minimum Gasteiger partial charge on any atom is -0.282 e. The van der Waals surface area contributed by atoms with Crippen LogP contribution in [-0.4, -0.2) is 25.9 Å². The van der Waals surface area contributed by atoms with Crippen LogP contribution < -0.4 is 0 Å². The molecule has 2 aromatic rings. The number of benzene rings is 2. The molecule has 8 heteroatoms.